The third kappa shape index (κ3) is 1.91. The summed E-state index contributed by atoms with van der Waals surface area (Å²) in [5, 5.41) is 2.91. The van der Waals surface area contributed by atoms with Crippen molar-refractivity contribution in [2.75, 3.05) is 13.3 Å². The van der Waals surface area contributed by atoms with Crippen LogP contribution >= 0.6 is 0 Å². The van der Waals surface area contributed by atoms with E-state index in [1.54, 1.807) is 0 Å². The largest absolute Gasteiger partial charge is 0.356 e. The topological polar surface area (TPSA) is 47.6 Å². The lowest BCUT2D eigenvalue weighted by molar-refractivity contribution is -0.154. The van der Waals surface area contributed by atoms with E-state index < -0.39 is 0 Å². The third-order valence-corrected chi connectivity index (χ3v) is 2.93. The van der Waals surface area contributed by atoms with Crippen LogP contribution in [0.15, 0.2) is 0 Å². The van der Waals surface area contributed by atoms with Gasteiger partial charge in [-0.15, -0.1) is 0 Å². The molecule has 1 saturated carbocycles. The van der Waals surface area contributed by atoms with Gasteiger partial charge in [0.2, 0.25) is 5.91 Å². The average Bonchev–Trinajstić information content (AvgIpc) is 2.50. The first kappa shape index (κ1) is 9.93. The van der Waals surface area contributed by atoms with Gasteiger partial charge < -0.3 is 14.8 Å². The van der Waals surface area contributed by atoms with Crippen molar-refractivity contribution in [3.63, 3.8) is 0 Å². The highest BCUT2D eigenvalue weighted by molar-refractivity contribution is 5.79. The molecular formula is C10H17NO3. The van der Waals surface area contributed by atoms with Gasteiger partial charge >= 0.3 is 0 Å². The summed E-state index contributed by atoms with van der Waals surface area (Å²) in [4.78, 5) is 11.7. The summed E-state index contributed by atoms with van der Waals surface area (Å²) in [6.45, 7) is 3.16. The minimum Gasteiger partial charge on any atom is -0.356 e. The normalized spacial score (nSPS) is 35.6. The number of amides is 1. The molecule has 2 rings (SSSR count). The standard InChI is InChI=1S/C10H17NO3/c1-2-3-11-10(12)8-4-7-5-9(8)14-6-13-7/h7-9H,2-6H2,1H3,(H,11,12). The number of rotatable bonds is 3. The number of carbonyl (C=O) groups excluding carboxylic acids is 1. The van der Waals surface area contributed by atoms with Crippen LogP contribution in [-0.4, -0.2) is 31.5 Å². The Hall–Kier alpha value is -0.610. The Morgan fingerprint density at radius 1 is 1.43 bits per heavy atom. The summed E-state index contributed by atoms with van der Waals surface area (Å²) in [5.41, 5.74) is 0. The molecular weight excluding hydrogens is 182 g/mol. The molecule has 1 heterocycles. The molecule has 4 heteroatoms. The molecule has 3 unspecified atom stereocenters. The molecule has 0 aromatic heterocycles. The Kier molecular flexibility index (Phi) is 3.03. The zero-order valence-corrected chi connectivity index (χ0v) is 8.49. The Morgan fingerprint density at radius 2 is 2.29 bits per heavy atom. The van der Waals surface area contributed by atoms with Gasteiger partial charge in [0.25, 0.3) is 0 Å². The van der Waals surface area contributed by atoms with Crippen molar-refractivity contribution in [3.05, 3.63) is 0 Å². The second-order valence-corrected chi connectivity index (χ2v) is 3.98. The van der Waals surface area contributed by atoms with E-state index in [0.29, 0.717) is 6.79 Å². The zero-order valence-electron chi connectivity index (χ0n) is 8.49. The molecule has 1 aliphatic carbocycles. The highest BCUT2D eigenvalue weighted by atomic mass is 16.7. The molecule has 4 nitrogen and oxygen atoms in total. The maximum atomic E-state index is 11.7. The number of fused-ring (bicyclic) bond motifs is 2. The molecule has 14 heavy (non-hydrogen) atoms. The molecule has 1 N–H and O–H groups in total. The highest BCUT2D eigenvalue weighted by Gasteiger charge is 2.42. The number of carbonyl (C=O) groups is 1. The lowest BCUT2D eigenvalue weighted by atomic mass is 10.1. The van der Waals surface area contributed by atoms with Crippen molar-refractivity contribution in [3.8, 4) is 0 Å². The first-order valence-electron chi connectivity index (χ1n) is 5.32. The number of hydrogen-bond donors (Lipinski definition) is 1. The van der Waals surface area contributed by atoms with Crippen molar-refractivity contribution in [2.45, 2.75) is 38.4 Å². The minimum absolute atomic E-state index is 0.00838. The van der Waals surface area contributed by atoms with Gasteiger partial charge in [-0.2, -0.15) is 0 Å². The fourth-order valence-electron chi connectivity index (χ4n) is 2.15. The van der Waals surface area contributed by atoms with E-state index in [-0.39, 0.29) is 24.0 Å². The van der Waals surface area contributed by atoms with Crippen LogP contribution < -0.4 is 5.32 Å². The monoisotopic (exact) mass is 199 g/mol. The second kappa shape index (κ2) is 4.28. The fourth-order valence-corrected chi connectivity index (χ4v) is 2.15. The Labute approximate surface area is 84.0 Å². The van der Waals surface area contributed by atoms with Crippen LogP contribution in [-0.2, 0) is 14.3 Å². The zero-order chi connectivity index (χ0) is 9.97. The highest BCUT2D eigenvalue weighted by Crippen LogP contribution is 2.34. The predicted octanol–water partition coefficient (Wildman–Crippen LogP) is 0.664. The molecule has 80 valence electrons. The van der Waals surface area contributed by atoms with Crippen LogP contribution in [0.5, 0.6) is 0 Å². The summed E-state index contributed by atoms with van der Waals surface area (Å²) in [5.74, 6) is 0.138. The lowest BCUT2D eigenvalue weighted by Crippen LogP contribution is -2.36. The molecule has 1 amide bonds. The first-order chi connectivity index (χ1) is 6.81. The van der Waals surface area contributed by atoms with Crippen molar-refractivity contribution in [2.24, 2.45) is 5.92 Å². The summed E-state index contributed by atoms with van der Waals surface area (Å²) in [6, 6.07) is 0. The van der Waals surface area contributed by atoms with Gasteiger partial charge in [-0.05, 0) is 12.8 Å². The Bertz CT molecular complexity index is 219. The van der Waals surface area contributed by atoms with Gasteiger partial charge in [0, 0.05) is 13.0 Å². The third-order valence-electron chi connectivity index (χ3n) is 2.93. The number of ether oxygens (including phenoxy) is 2. The molecule has 2 fully saturated rings. The molecule has 2 aliphatic rings. The van der Waals surface area contributed by atoms with Crippen molar-refractivity contribution in [1.29, 1.82) is 0 Å². The van der Waals surface area contributed by atoms with E-state index in [2.05, 4.69) is 5.32 Å². The van der Waals surface area contributed by atoms with Gasteiger partial charge in [-0.1, -0.05) is 6.92 Å². The van der Waals surface area contributed by atoms with Crippen LogP contribution in [0.1, 0.15) is 26.2 Å². The molecule has 0 radical (unpaired) electrons. The van der Waals surface area contributed by atoms with Crippen molar-refractivity contribution in [1.82, 2.24) is 5.32 Å². The van der Waals surface area contributed by atoms with Crippen LogP contribution in [0, 0.1) is 5.92 Å². The van der Waals surface area contributed by atoms with E-state index in [9.17, 15) is 4.79 Å². The van der Waals surface area contributed by atoms with Crippen LogP contribution in [0.25, 0.3) is 0 Å². The van der Waals surface area contributed by atoms with Crippen molar-refractivity contribution >= 4 is 5.91 Å². The molecule has 0 aromatic carbocycles. The van der Waals surface area contributed by atoms with Gasteiger partial charge in [-0.25, -0.2) is 0 Å². The molecule has 0 aromatic rings. The van der Waals surface area contributed by atoms with Gasteiger partial charge in [0.1, 0.15) is 6.79 Å². The smallest absolute Gasteiger partial charge is 0.225 e. The summed E-state index contributed by atoms with van der Waals surface area (Å²) >= 11 is 0. The summed E-state index contributed by atoms with van der Waals surface area (Å²) in [6.07, 6.45) is 3.01. The quantitative estimate of drug-likeness (QED) is 0.726. The molecule has 1 aliphatic heterocycles. The van der Waals surface area contributed by atoms with Crippen LogP contribution in [0.4, 0.5) is 0 Å². The van der Waals surface area contributed by atoms with E-state index in [1.807, 2.05) is 6.92 Å². The van der Waals surface area contributed by atoms with E-state index >= 15 is 0 Å². The van der Waals surface area contributed by atoms with Gasteiger partial charge in [0.15, 0.2) is 0 Å². The molecule has 2 bridgehead atoms. The van der Waals surface area contributed by atoms with Crippen LogP contribution in [0.2, 0.25) is 0 Å². The Morgan fingerprint density at radius 3 is 3.00 bits per heavy atom. The van der Waals surface area contributed by atoms with E-state index in [4.69, 9.17) is 9.47 Å². The summed E-state index contributed by atoms with van der Waals surface area (Å²) in [7, 11) is 0. The van der Waals surface area contributed by atoms with E-state index in [0.717, 1.165) is 25.8 Å². The second-order valence-electron chi connectivity index (χ2n) is 3.98. The lowest BCUT2D eigenvalue weighted by Gasteiger charge is -2.21. The number of hydrogen-bond acceptors (Lipinski definition) is 3. The SMILES string of the molecule is CCCNC(=O)C1CC2CC1OCO2. The maximum Gasteiger partial charge on any atom is 0.225 e. The maximum absolute atomic E-state index is 11.7. The molecule has 1 saturated heterocycles. The minimum atomic E-state index is 0.00838. The predicted molar refractivity (Wildman–Crippen MR) is 50.6 cm³/mol. The number of nitrogens with one attached hydrogen (secondary N) is 1. The van der Waals surface area contributed by atoms with Crippen molar-refractivity contribution < 1.29 is 14.3 Å². The average molecular weight is 199 g/mol. The fraction of sp³-hybridized carbons (Fsp3) is 0.900. The Balaban J connectivity index is 1.88. The summed E-state index contributed by atoms with van der Waals surface area (Å²) < 4.78 is 10.8. The molecule has 3 atom stereocenters. The van der Waals surface area contributed by atoms with Gasteiger partial charge in [0.05, 0.1) is 18.1 Å². The molecule has 0 spiro atoms. The van der Waals surface area contributed by atoms with Gasteiger partial charge in [-0.3, -0.25) is 4.79 Å². The van der Waals surface area contributed by atoms with Crippen LogP contribution in [0.3, 0.4) is 0 Å². The van der Waals surface area contributed by atoms with E-state index in [1.165, 1.54) is 0 Å². The first-order valence-corrected chi connectivity index (χ1v) is 5.32.